The molecule has 0 aliphatic heterocycles. The van der Waals surface area contributed by atoms with Gasteiger partial charge < -0.3 is 4.74 Å². The van der Waals surface area contributed by atoms with Crippen LogP contribution < -0.4 is 4.74 Å². The maximum absolute atomic E-state index is 12.4. The average Bonchev–Trinajstić information content (AvgIpc) is 2.68. The maximum atomic E-state index is 12.4. The third-order valence-corrected chi connectivity index (χ3v) is 5.26. The zero-order chi connectivity index (χ0) is 18.6. The lowest BCUT2D eigenvalue weighted by Gasteiger charge is -2.25. The number of benzene rings is 1. The molecule has 0 heterocycles. The van der Waals surface area contributed by atoms with Crippen LogP contribution in [0, 0.1) is 23.2 Å². The molecule has 1 aromatic rings. The molecule has 1 fully saturated rings. The van der Waals surface area contributed by atoms with Gasteiger partial charge in [0, 0.05) is 6.08 Å². The Balaban J connectivity index is 1.72. The first-order valence-electron chi connectivity index (χ1n) is 10.1. The SMILES string of the molecule is CCCCCCCc1ccc(OC(=O)[C@H]2CC[C@H](C=CC#N)CC2)cc1. The Labute approximate surface area is 158 Å². The standard InChI is InChI=1S/C23H31NO2/c1-2-3-4-5-6-8-19-12-16-22(17-13-19)26-23(25)21-14-10-20(11-15-21)9-7-18-24/h7,9,12-13,16-17,20-21H,2-6,8,10-11,14-15H2,1H3/t20-,21-. The quantitative estimate of drug-likeness (QED) is 0.237. The Morgan fingerprint density at radius 1 is 1.12 bits per heavy atom. The molecule has 2 rings (SSSR count). The van der Waals surface area contributed by atoms with Gasteiger partial charge in [0.1, 0.15) is 5.75 Å². The summed E-state index contributed by atoms with van der Waals surface area (Å²) in [6.07, 6.45) is 14.6. The van der Waals surface area contributed by atoms with Crippen molar-refractivity contribution in [2.45, 2.75) is 71.1 Å². The fraction of sp³-hybridized carbons (Fsp3) is 0.565. The highest BCUT2D eigenvalue weighted by Gasteiger charge is 2.26. The lowest BCUT2D eigenvalue weighted by molar-refractivity contribution is -0.140. The highest BCUT2D eigenvalue weighted by atomic mass is 16.5. The van der Waals surface area contributed by atoms with E-state index in [2.05, 4.69) is 19.1 Å². The van der Waals surface area contributed by atoms with E-state index in [1.807, 2.05) is 24.3 Å². The maximum Gasteiger partial charge on any atom is 0.314 e. The smallest absolute Gasteiger partial charge is 0.314 e. The number of allylic oxidation sites excluding steroid dienone is 2. The zero-order valence-corrected chi connectivity index (χ0v) is 16.0. The van der Waals surface area contributed by atoms with Crippen molar-refractivity contribution >= 4 is 5.97 Å². The molecular weight excluding hydrogens is 322 g/mol. The second kappa shape index (κ2) is 11.5. The third-order valence-electron chi connectivity index (χ3n) is 5.26. The molecule has 1 aromatic carbocycles. The van der Waals surface area contributed by atoms with Gasteiger partial charge in [0.25, 0.3) is 0 Å². The second-order valence-electron chi connectivity index (χ2n) is 7.33. The Bertz CT molecular complexity index is 604. The summed E-state index contributed by atoms with van der Waals surface area (Å²) in [5.74, 6) is 0.951. The molecule has 1 aliphatic carbocycles. The molecule has 140 valence electrons. The first-order chi connectivity index (χ1) is 12.7. The monoisotopic (exact) mass is 353 g/mol. The summed E-state index contributed by atoms with van der Waals surface area (Å²) >= 11 is 0. The molecule has 0 amide bonds. The largest absolute Gasteiger partial charge is 0.426 e. The molecule has 26 heavy (non-hydrogen) atoms. The molecule has 0 bridgehead atoms. The van der Waals surface area contributed by atoms with Crippen LogP contribution in [-0.2, 0) is 11.2 Å². The number of carbonyl (C=O) groups is 1. The van der Waals surface area contributed by atoms with E-state index in [1.165, 1.54) is 37.7 Å². The Morgan fingerprint density at radius 3 is 2.46 bits per heavy atom. The predicted molar refractivity (Wildman–Crippen MR) is 105 cm³/mol. The van der Waals surface area contributed by atoms with E-state index < -0.39 is 0 Å². The van der Waals surface area contributed by atoms with Crippen LogP contribution in [0.2, 0.25) is 0 Å². The Hall–Kier alpha value is -2.08. The lowest BCUT2D eigenvalue weighted by Crippen LogP contribution is -2.25. The van der Waals surface area contributed by atoms with Crippen LogP contribution in [0.1, 0.15) is 70.3 Å². The zero-order valence-electron chi connectivity index (χ0n) is 16.0. The topological polar surface area (TPSA) is 50.1 Å². The van der Waals surface area contributed by atoms with Crippen LogP contribution in [0.4, 0.5) is 0 Å². The molecular formula is C23H31NO2. The summed E-state index contributed by atoms with van der Waals surface area (Å²) in [6.45, 7) is 2.23. The van der Waals surface area contributed by atoms with Gasteiger partial charge in [-0.1, -0.05) is 50.8 Å². The number of nitriles is 1. The predicted octanol–water partition coefficient (Wildman–Crippen LogP) is 5.99. The summed E-state index contributed by atoms with van der Waals surface area (Å²) in [6, 6.07) is 10.0. The molecule has 0 saturated heterocycles. The van der Waals surface area contributed by atoms with Crippen molar-refractivity contribution in [2.75, 3.05) is 0 Å². The van der Waals surface area contributed by atoms with Gasteiger partial charge in [0.2, 0.25) is 0 Å². The van der Waals surface area contributed by atoms with Gasteiger partial charge in [-0.3, -0.25) is 4.79 Å². The van der Waals surface area contributed by atoms with Crippen molar-refractivity contribution in [3.05, 3.63) is 42.0 Å². The van der Waals surface area contributed by atoms with Crippen molar-refractivity contribution < 1.29 is 9.53 Å². The molecule has 1 saturated carbocycles. The van der Waals surface area contributed by atoms with E-state index in [-0.39, 0.29) is 11.9 Å². The molecule has 0 radical (unpaired) electrons. The van der Waals surface area contributed by atoms with E-state index >= 15 is 0 Å². The van der Waals surface area contributed by atoms with Gasteiger partial charge in [-0.25, -0.2) is 0 Å². The number of aryl methyl sites for hydroxylation is 1. The van der Waals surface area contributed by atoms with Crippen LogP contribution in [0.5, 0.6) is 5.75 Å². The molecule has 0 atom stereocenters. The molecule has 3 nitrogen and oxygen atoms in total. The number of ether oxygens (including phenoxy) is 1. The number of nitrogens with zero attached hydrogens (tertiary/aromatic N) is 1. The van der Waals surface area contributed by atoms with Crippen LogP contribution in [0.25, 0.3) is 0 Å². The van der Waals surface area contributed by atoms with Crippen LogP contribution in [0.3, 0.4) is 0 Å². The number of esters is 1. The Kier molecular flexibility index (Phi) is 8.96. The van der Waals surface area contributed by atoms with E-state index in [0.717, 1.165) is 32.1 Å². The van der Waals surface area contributed by atoms with Gasteiger partial charge in [0.05, 0.1) is 12.0 Å². The minimum Gasteiger partial charge on any atom is -0.426 e. The van der Waals surface area contributed by atoms with E-state index in [0.29, 0.717) is 11.7 Å². The summed E-state index contributed by atoms with van der Waals surface area (Å²) in [5.41, 5.74) is 1.31. The lowest BCUT2D eigenvalue weighted by atomic mass is 9.82. The Morgan fingerprint density at radius 2 is 1.81 bits per heavy atom. The highest BCUT2D eigenvalue weighted by molar-refractivity contribution is 5.75. The molecule has 0 unspecified atom stereocenters. The molecule has 1 aliphatic rings. The number of rotatable bonds is 9. The van der Waals surface area contributed by atoms with Gasteiger partial charge in [-0.05, 0) is 62.1 Å². The van der Waals surface area contributed by atoms with Gasteiger partial charge in [-0.15, -0.1) is 0 Å². The van der Waals surface area contributed by atoms with Crippen molar-refractivity contribution in [1.29, 1.82) is 5.26 Å². The molecule has 3 heteroatoms. The number of carbonyl (C=O) groups excluding carboxylic acids is 1. The molecule has 0 N–H and O–H groups in total. The fourth-order valence-electron chi connectivity index (χ4n) is 3.58. The van der Waals surface area contributed by atoms with Crippen LogP contribution >= 0.6 is 0 Å². The first-order valence-corrected chi connectivity index (χ1v) is 10.1. The van der Waals surface area contributed by atoms with E-state index in [1.54, 1.807) is 6.08 Å². The average molecular weight is 354 g/mol. The summed E-state index contributed by atoms with van der Waals surface area (Å²) < 4.78 is 5.57. The molecule has 0 aromatic heterocycles. The van der Waals surface area contributed by atoms with E-state index in [4.69, 9.17) is 10.00 Å². The van der Waals surface area contributed by atoms with Gasteiger partial charge in [-0.2, -0.15) is 5.26 Å². The van der Waals surface area contributed by atoms with Crippen molar-refractivity contribution in [3.8, 4) is 11.8 Å². The van der Waals surface area contributed by atoms with Crippen molar-refractivity contribution in [1.82, 2.24) is 0 Å². The minimum absolute atomic E-state index is 0.0139. The van der Waals surface area contributed by atoms with Crippen LogP contribution in [0.15, 0.2) is 36.4 Å². The summed E-state index contributed by atoms with van der Waals surface area (Å²) in [5, 5.41) is 8.59. The van der Waals surface area contributed by atoms with E-state index in [9.17, 15) is 4.79 Å². The highest BCUT2D eigenvalue weighted by Crippen LogP contribution is 2.30. The van der Waals surface area contributed by atoms with Crippen LogP contribution in [-0.4, -0.2) is 5.97 Å². The fourth-order valence-corrected chi connectivity index (χ4v) is 3.58. The van der Waals surface area contributed by atoms with Crippen molar-refractivity contribution in [2.24, 2.45) is 11.8 Å². The number of hydrogen-bond donors (Lipinski definition) is 0. The first kappa shape index (κ1) is 20.2. The number of unbranched alkanes of at least 4 members (excludes halogenated alkanes) is 4. The van der Waals surface area contributed by atoms with Gasteiger partial charge in [0.15, 0.2) is 0 Å². The third kappa shape index (κ3) is 7.04. The summed E-state index contributed by atoms with van der Waals surface area (Å²) in [7, 11) is 0. The normalized spacial score (nSPS) is 20.0. The number of hydrogen-bond acceptors (Lipinski definition) is 3. The minimum atomic E-state index is -0.111. The van der Waals surface area contributed by atoms with Crippen molar-refractivity contribution in [3.63, 3.8) is 0 Å². The summed E-state index contributed by atoms with van der Waals surface area (Å²) in [4.78, 5) is 12.4. The molecule has 0 spiro atoms. The second-order valence-corrected chi connectivity index (χ2v) is 7.33. The van der Waals surface area contributed by atoms with Gasteiger partial charge >= 0.3 is 5.97 Å².